The molecule has 31 heavy (non-hydrogen) atoms. The summed E-state index contributed by atoms with van der Waals surface area (Å²) in [5, 5.41) is 9.03. The molecule has 7 nitrogen and oxygen atoms in total. The van der Waals surface area contributed by atoms with Crippen molar-refractivity contribution in [1.29, 1.82) is 0 Å². The molecule has 0 bridgehead atoms. The Bertz CT molecular complexity index is 1400. The van der Waals surface area contributed by atoms with Gasteiger partial charge in [-0.15, -0.1) is 0 Å². The van der Waals surface area contributed by atoms with Gasteiger partial charge in [0.15, 0.2) is 5.58 Å². The van der Waals surface area contributed by atoms with Crippen LogP contribution in [-0.4, -0.2) is 19.3 Å². The molecular weight excluding hydrogens is 461 g/mol. The summed E-state index contributed by atoms with van der Waals surface area (Å²) in [6.07, 6.45) is 0.0112. The standard InChI is InChI=1S/C21H15Cl2N3O4S/c22-14-7-5-12(6-8-14)21-26-17-10-15(11-18(20(17)30-21)31(24,28)29)25-19(27)9-13-3-1-2-4-16(13)23/h1-8,10-11H,9H2,(H,25,27)(H2,24,28,29). The van der Waals surface area contributed by atoms with Crippen molar-refractivity contribution in [1.82, 2.24) is 4.98 Å². The van der Waals surface area contributed by atoms with Crippen LogP contribution in [0.3, 0.4) is 0 Å². The highest BCUT2D eigenvalue weighted by Crippen LogP contribution is 2.32. The maximum Gasteiger partial charge on any atom is 0.241 e. The van der Waals surface area contributed by atoms with Crippen LogP contribution in [-0.2, 0) is 21.2 Å². The van der Waals surface area contributed by atoms with Gasteiger partial charge in [-0.2, -0.15) is 0 Å². The molecule has 3 aromatic carbocycles. The molecule has 0 aliphatic carbocycles. The maximum absolute atomic E-state index is 12.5. The van der Waals surface area contributed by atoms with E-state index < -0.39 is 10.0 Å². The molecule has 0 spiro atoms. The van der Waals surface area contributed by atoms with Crippen LogP contribution < -0.4 is 10.5 Å². The molecule has 0 saturated carbocycles. The van der Waals surface area contributed by atoms with Crippen LogP contribution in [0.2, 0.25) is 10.0 Å². The fraction of sp³-hybridized carbons (Fsp3) is 0.0476. The summed E-state index contributed by atoms with van der Waals surface area (Å²) < 4.78 is 30.0. The number of anilines is 1. The Labute approximate surface area is 187 Å². The van der Waals surface area contributed by atoms with E-state index in [0.29, 0.717) is 21.2 Å². The van der Waals surface area contributed by atoms with E-state index in [1.54, 1.807) is 48.5 Å². The van der Waals surface area contributed by atoms with Crippen molar-refractivity contribution < 1.29 is 17.6 Å². The number of hydrogen-bond donors (Lipinski definition) is 2. The van der Waals surface area contributed by atoms with Gasteiger partial charge >= 0.3 is 0 Å². The van der Waals surface area contributed by atoms with Crippen LogP contribution in [0.1, 0.15) is 5.56 Å². The van der Waals surface area contributed by atoms with Crippen molar-refractivity contribution >= 4 is 55.9 Å². The van der Waals surface area contributed by atoms with Crippen LogP contribution in [0.15, 0.2) is 70.0 Å². The number of nitrogens with zero attached hydrogens (tertiary/aromatic N) is 1. The molecule has 0 saturated heterocycles. The van der Waals surface area contributed by atoms with E-state index in [1.807, 2.05) is 0 Å². The second kappa shape index (κ2) is 8.32. The third-order valence-corrected chi connectivity index (χ3v) is 5.98. The molecule has 0 fully saturated rings. The van der Waals surface area contributed by atoms with Gasteiger partial charge in [0.25, 0.3) is 0 Å². The first kappa shape index (κ1) is 21.3. The van der Waals surface area contributed by atoms with Crippen molar-refractivity contribution in [3.05, 3.63) is 76.3 Å². The summed E-state index contributed by atoms with van der Waals surface area (Å²) in [4.78, 5) is 16.5. The molecule has 0 atom stereocenters. The van der Waals surface area contributed by atoms with Gasteiger partial charge in [0.05, 0.1) is 6.42 Å². The van der Waals surface area contributed by atoms with Gasteiger partial charge < -0.3 is 9.73 Å². The second-order valence-electron chi connectivity index (χ2n) is 6.71. The number of benzene rings is 3. The number of aromatic nitrogens is 1. The highest BCUT2D eigenvalue weighted by molar-refractivity contribution is 7.89. The highest BCUT2D eigenvalue weighted by atomic mass is 35.5. The Balaban J connectivity index is 1.72. The van der Waals surface area contributed by atoms with Crippen molar-refractivity contribution in [2.75, 3.05) is 5.32 Å². The summed E-state index contributed by atoms with van der Waals surface area (Å²) >= 11 is 12.0. The number of fused-ring (bicyclic) bond motifs is 1. The zero-order chi connectivity index (χ0) is 22.2. The third-order valence-electron chi connectivity index (χ3n) is 4.45. The summed E-state index contributed by atoms with van der Waals surface area (Å²) in [6.45, 7) is 0. The minimum absolute atomic E-state index is 0.00319. The minimum atomic E-state index is -4.16. The normalized spacial score (nSPS) is 11.6. The van der Waals surface area contributed by atoms with E-state index in [1.165, 1.54) is 12.1 Å². The molecule has 0 aliphatic rings. The number of sulfonamides is 1. The van der Waals surface area contributed by atoms with E-state index >= 15 is 0 Å². The van der Waals surface area contributed by atoms with Crippen molar-refractivity contribution in [3.8, 4) is 11.5 Å². The molecule has 0 unspecified atom stereocenters. The molecular formula is C21H15Cl2N3O4S. The average molecular weight is 476 g/mol. The largest absolute Gasteiger partial charge is 0.435 e. The number of carbonyl (C=O) groups excluding carboxylic acids is 1. The number of amides is 1. The number of hydrogen-bond acceptors (Lipinski definition) is 5. The van der Waals surface area contributed by atoms with E-state index in [4.69, 9.17) is 32.8 Å². The van der Waals surface area contributed by atoms with Gasteiger partial charge in [0.1, 0.15) is 10.4 Å². The topological polar surface area (TPSA) is 115 Å². The monoisotopic (exact) mass is 475 g/mol. The van der Waals surface area contributed by atoms with Gasteiger partial charge in [-0.3, -0.25) is 4.79 Å². The summed E-state index contributed by atoms with van der Waals surface area (Å²) in [6, 6.07) is 16.4. The van der Waals surface area contributed by atoms with Crippen LogP contribution in [0.25, 0.3) is 22.6 Å². The number of halogens is 2. The second-order valence-corrected chi connectivity index (χ2v) is 9.08. The van der Waals surface area contributed by atoms with E-state index in [2.05, 4.69) is 10.3 Å². The van der Waals surface area contributed by atoms with Crippen LogP contribution >= 0.6 is 23.2 Å². The number of primary sulfonamides is 1. The lowest BCUT2D eigenvalue weighted by Gasteiger charge is -2.08. The quantitative estimate of drug-likeness (QED) is 0.436. The first-order chi connectivity index (χ1) is 14.7. The van der Waals surface area contributed by atoms with Crippen molar-refractivity contribution in [2.24, 2.45) is 5.14 Å². The number of nitrogens with two attached hydrogens (primary N) is 1. The predicted molar refractivity (Wildman–Crippen MR) is 120 cm³/mol. The molecule has 10 heteroatoms. The fourth-order valence-electron chi connectivity index (χ4n) is 3.02. The molecule has 158 valence electrons. The summed E-state index contributed by atoms with van der Waals surface area (Å²) in [5.74, 6) is -0.189. The summed E-state index contributed by atoms with van der Waals surface area (Å²) in [5.41, 5.74) is 1.68. The van der Waals surface area contributed by atoms with E-state index in [0.717, 1.165) is 0 Å². The number of rotatable bonds is 5. The van der Waals surface area contributed by atoms with Crippen molar-refractivity contribution in [3.63, 3.8) is 0 Å². The van der Waals surface area contributed by atoms with E-state index in [-0.39, 0.29) is 39.9 Å². The van der Waals surface area contributed by atoms with Gasteiger partial charge in [0, 0.05) is 21.3 Å². The zero-order valence-electron chi connectivity index (χ0n) is 15.8. The number of oxazole rings is 1. The minimum Gasteiger partial charge on any atom is -0.435 e. The molecule has 1 heterocycles. The van der Waals surface area contributed by atoms with Gasteiger partial charge in [-0.05, 0) is 48.0 Å². The van der Waals surface area contributed by atoms with Gasteiger partial charge in [-0.25, -0.2) is 18.5 Å². The maximum atomic E-state index is 12.5. The first-order valence-electron chi connectivity index (χ1n) is 8.97. The lowest BCUT2D eigenvalue weighted by atomic mass is 10.1. The lowest BCUT2D eigenvalue weighted by molar-refractivity contribution is -0.115. The summed E-state index contributed by atoms with van der Waals surface area (Å²) in [7, 11) is -4.16. The molecule has 3 N–H and O–H groups in total. The molecule has 4 rings (SSSR count). The first-order valence-corrected chi connectivity index (χ1v) is 11.3. The number of carbonyl (C=O) groups is 1. The lowest BCUT2D eigenvalue weighted by Crippen LogP contribution is -2.16. The molecule has 1 aromatic heterocycles. The zero-order valence-corrected chi connectivity index (χ0v) is 18.1. The average Bonchev–Trinajstić information content (AvgIpc) is 3.13. The van der Waals surface area contributed by atoms with Crippen molar-refractivity contribution in [2.45, 2.75) is 11.3 Å². The molecule has 4 aromatic rings. The van der Waals surface area contributed by atoms with Crippen LogP contribution in [0, 0.1) is 0 Å². The Morgan fingerprint density at radius 1 is 1.06 bits per heavy atom. The molecule has 1 amide bonds. The van der Waals surface area contributed by atoms with Gasteiger partial charge in [-0.1, -0.05) is 41.4 Å². The Kier molecular flexibility index (Phi) is 5.72. The van der Waals surface area contributed by atoms with Crippen LogP contribution in [0.5, 0.6) is 0 Å². The van der Waals surface area contributed by atoms with E-state index in [9.17, 15) is 13.2 Å². The van der Waals surface area contributed by atoms with Gasteiger partial charge in [0.2, 0.25) is 21.8 Å². The fourth-order valence-corrected chi connectivity index (χ4v) is 4.05. The smallest absolute Gasteiger partial charge is 0.241 e. The third kappa shape index (κ3) is 4.72. The Morgan fingerprint density at radius 2 is 1.77 bits per heavy atom. The Morgan fingerprint density at radius 3 is 2.45 bits per heavy atom. The van der Waals surface area contributed by atoms with Crippen LogP contribution in [0.4, 0.5) is 5.69 Å². The molecule has 0 aliphatic heterocycles. The number of nitrogens with one attached hydrogen (secondary N) is 1. The molecule has 0 radical (unpaired) electrons. The Hall–Kier alpha value is -2.91. The highest BCUT2D eigenvalue weighted by Gasteiger charge is 2.21. The predicted octanol–water partition coefficient (Wildman–Crippen LogP) is 4.63. The SMILES string of the molecule is NS(=O)(=O)c1cc(NC(=O)Cc2ccccc2Cl)cc2nc(-c3ccc(Cl)cc3)oc12.